The van der Waals surface area contributed by atoms with Gasteiger partial charge in [-0.2, -0.15) is 0 Å². The summed E-state index contributed by atoms with van der Waals surface area (Å²) in [7, 11) is 5.25. The molecule has 2 radical (unpaired) electrons. The molecule has 0 unspecified atom stereocenters. The molecule has 8 heteroatoms. The van der Waals surface area contributed by atoms with Crippen LogP contribution in [-0.2, 0) is 4.79 Å². The lowest BCUT2D eigenvalue weighted by molar-refractivity contribution is -0.130. The molecule has 1 aliphatic rings. The first-order valence-corrected chi connectivity index (χ1v) is 9.63. The number of likely N-dealkylation sites (tertiary alicyclic amines) is 1. The molecule has 28 heavy (non-hydrogen) atoms. The number of hydrogen-bond acceptors (Lipinski definition) is 5. The Kier molecular flexibility index (Phi) is 6.87. The third-order valence-corrected chi connectivity index (χ3v) is 4.97. The SMILES string of the molecule is [B]NCCCOc1ccc2nccc(C(=O)NCC(=O)N3CCC[C@H]3C)c2c1. The Morgan fingerprint density at radius 3 is 2.96 bits per heavy atom. The Hall–Kier alpha value is -2.61. The van der Waals surface area contributed by atoms with Crippen molar-refractivity contribution in [1.29, 1.82) is 0 Å². The van der Waals surface area contributed by atoms with E-state index in [-0.39, 0.29) is 24.4 Å². The smallest absolute Gasteiger partial charge is 0.252 e. The van der Waals surface area contributed by atoms with Crippen molar-refractivity contribution in [3.63, 3.8) is 0 Å². The maximum absolute atomic E-state index is 12.7. The quantitative estimate of drug-likeness (QED) is 0.535. The molecule has 1 aliphatic heterocycles. The molecule has 1 aromatic heterocycles. The summed E-state index contributed by atoms with van der Waals surface area (Å²) in [6.45, 7) is 3.96. The first-order valence-electron chi connectivity index (χ1n) is 9.63. The van der Waals surface area contributed by atoms with Gasteiger partial charge < -0.3 is 20.2 Å². The molecule has 1 fully saturated rings. The van der Waals surface area contributed by atoms with Gasteiger partial charge in [-0.3, -0.25) is 14.6 Å². The number of nitrogens with zero attached hydrogens (tertiary/aromatic N) is 2. The number of ether oxygens (including phenoxy) is 1. The molecule has 1 aromatic carbocycles. The second kappa shape index (κ2) is 9.55. The maximum Gasteiger partial charge on any atom is 0.252 e. The summed E-state index contributed by atoms with van der Waals surface area (Å²) in [6, 6.07) is 7.34. The van der Waals surface area contributed by atoms with Gasteiger partial charge in [0.05, 0.1) is 24.2 Å². The van der Waals surface area contributed by atoms with Crippen LogP contribution in [0.15, 0.2) is 30.5 Å². The molecule has 1 atom stereocenters. The molecular weight excluding hydrogens is 355 g/mol. The lowest BCUT2D eigenvalue weighted by Crippen LogP contribution is -2.41. The fourth-order valence-corrected chi connectivity index (χ4v) is 3.43. The van der Waals surface area contributed by atoms with Crippen LogP contribution in [0, 0.1) is 0 Å². The minimum absolute atomic E-state index is 0.00469. The highest BCUT2D eigenvalue weighted by Crippen LogP contribution is 2.23. The number of amides is 2. The average molecular weight is 380 g/mol. The maximum atomic E-state index is 12.7. The number of carbonyl (C=O) groups excluding carboxylic acids is 2. The molecule has 2 aromatic rings. The van der Waals surface area contributed by atoms with E-state index in [1.54, 1.807) is 18.3 Å². The van der Waals surface area contributed by atoms with Gasteiger partial charge in [-0.1, -0.05) is 0 Å². The van der Waals surface area contributed by atoms with Crippen molar-refractivity contribution in [2.45, 2.75) is 32.2 Å². The van der Waals surface area contributed by atoms with Crippen LogP contribution < -0.4 is 15.3 Å². The molecule has 7 nitrogen and oxygen atoms in total. The minimum Gasteiger partial charge on any atom is -0.494 e. The van der Waals surface area contributed by atoms with Gasteiger partial charge in [-0.15, -0.1) is 0 Å². The van der Waals surface area contributed by atoms with Gasteiger partial charge in [0.2, 0.25) is 5.91 Å². The van der Waals surface area contributed by atoms with Crippen LogP contribution in [-0.4, -0.2) is 62.0 Å². The topological polar surface area (TPSA) is 83.6 Å². The fourth-order valence-electron chi connectivity index (χ4n) is 3.43. The van der Waals surface area contributed by atoms with Gasteiger partial charge in [0.25, 0.3) is 5.91 Å². The van der Waals surface area contributed by atoms with E-state index in [4.69, 9.17) is 12.7 Å². The highest BCUT2D eigenvalue weighted by molar-refractivity contribution is 6.07. The molecule has 2 heterocycles. The van der Waals surface area contributed by atoms with E-state index in [2.05, 4.69) is 15.5 Å². The standard InChI is InChI=1S/C20H25BN4O3/c1-14-4-2-10-25(14)19(26)13-23-20(27)16-7-9-22-18-6-5-15(12-17(16)18)28-11-3-8-24-21/h5-7,9,12,14,24H,2-4,8,10-11,13H2,1H3,(H,23,27)/t14-/m1/s1. The summed E-state index contributed by atoms with van der Waals surface area (Å²) >= 11 is 0. The van der Waals surface area contributed by atoms with E-state index < -0.39 is 0 Å². The second-order valence-electron chi connectivity index (χ2n) is 6.95. The van der Waals surface area contributed by atoms with Crippen LogP contribution in [0.5, 0.6) is 5.75 Å². The fraction of sp³-hybridized carbons (Fsp3) is 0.450. The molecule has 1 saturated heterocycles. The van der Waals surface area contributed by atoms with Crippen molar-refractivity contribution < 1.29 is 14.3 Å². The predicted molar refractivity (Wildman–Crippen MR) is 108 cm³/mol. The first-order chi connectivity index (χ1) is 13.6. The van der Waals surface area contributed by atoms with Crippen LogP contribution in [0.25, 0.3) is 10.9 Å². The molecular formula is C20H25BN4O3. The van der Waals surface area contributed by atoms with Crippen molar-refractivity contribution in [2.24, 2.45) is 0 Å². The number of fused-ring (bicyclic) bond motifs is 1. The largest absolute Gasteiger partial charge is 0.494 e. The van der Waals surface area contributed by atoms with E-state index in [0.717, 1.165) is 25.8 Å². The molecule has 2 N–H and O–H groups in total. The average Bonchev–Trinajstić information content (AvgIpc) is 3.14. The molecule has 146 valence electrons. The van der Waals surface area contributed by atoms with Crippen LogP contribution in [0.2, 0.25) is 0 Å². The normalized spacial score (nSPS) is 16.3. The van der Waals surface area contributed by atoms with Crippen LogP contribution in [0.3, 0.4) is 0 Å². The number of rotatable bonds is 8. The van der Waals surface area contributed by atoms with Crippen LogP contribution in [0.4, 0.5) is 0 Å². The second-order valence-corrected chi connectivity index (χ2v) is 6.95. The Labute approximate surface area is 166 Å². The van der Waals surface area contributed by atoms with Crippen LogP contribution >= 0.6 is 0 Å². The summed E-state index contributed by atoms with van der Waals surface area (Å²) in [5.41, 5.74) is 1.17. The van der Waals surface area contributed by atoms with Gasteiger partial charge in [-0.25, -0.2) is 0 Å². The van der Waals surface area contributed by atoms with E-state index >= 15 is 0 Å². The van der Waals surface area contributed by atoms with Crippen molar-refractivity contribution in [3.05, 3.63) is 36.0 Å². The van der Waals surface area contributed by atoms with Gasteiger partial charge in [0.1, 0.15) is 5.75 Å². The summed E-state index contributed by atoms with van der Waals surface area (Å²) in [5, 5.41) is 6.02. The molecule has 3 rings (SSSR count). The third kappa shape index (κ3) is 4.81. The Morgan fingerprint density at radius 2 is 2.21 bits per heavy atom. The van der Waals surface area contributed by atoms with Crippen molar-refractivity contribution in [2.75, 3.05) is 26.2 Å². The van der Waals surface area contributed by atoms with E-state index in [1.807, 2.05) is 24.0 Å². The first kappa shape index (κ1) is 20.1. The molecule has 0 spiro atoms. The number of aromatic nitrogens is 1. The summed E-state index contributed by atoms with van der Waals surface area (Å²) < 4.78 is 5.71. The van der Waals surface area contributed by atoms with E-state index in [1.165, 1.54) is 0 Å². The molecule has 0 aliphatic carbocycles. The minimum atomic E-state index is -0.294. The van der Waals surface area contributed by atoms with E-state index in [9.17, 15) is 9.59 Å². The Morgan fingerprint density at radius 1 is 1.36 bits per heavy atom. The van der Waals surface area contributed by atoms with E-state index in [0.29, 0.717) is 35.4 Å². The summed E-state index contributed by atoms with van der Waals surface area (Å²) in [4.78, 5) is 31.2. The zero-order valence-corrected chi connectivity index (χ0v) is 16.1. The van der Waals surface area contributed by atoms with Gasteiger partial charge >= 0.3 is 0 Å². The summed E-state index contributed by atoms with van der Waals surface area (Å²) in [5.74, 6) is 0.319. The summed E-state index contributed by atoms with van der Waals surface area (Å²) in [6.07, 6.45) is 4.39. The lowest BCUT2D eigenvalue weighted by Gasteiger charge is -2.21. The molecule has 0 saturated carbocycles. The number of pyridine rings is 1. The van der Waals surface area contributed by atoms with Gasteiger partial charge in [0, 0.05) is 24.2 Å². The Bertz CT molecular complexity index is 845. The van der Waals surface area contributed by atoms with Crippen molar-refractivity contribution in [3.8, 4) is 5.75 Å². The van der Waals surface area contributed by atoms with Crippen LogP contribution in [0.1, 0.15) is 36.5 Å². The van der Waals surface area contributed by atoms with Crippen molar-refractivity contribution in [1.82, 2.24) is 20.4 Å². The van der Waals surface area contributed by atoms with Crippen molar-refractivity contribution >= 4 is 30.7 Å². The molecule has 0 bridgehead atoms. The lowest BCUT2D eigenvalue weighted by atomic mass is 10.1. The number of benzene rings is 1. The van der Waals surface area contributed by atoms with Gasteiger partial charge in [-0.05, 0) is 57.0 Å². The Balaban J connectivity index is 1.68. The number of nitrogens with one attached hydrogen (secondary N) is 2. The monoisotopic (exact) mass is 380 g/mol. The zero-order chi connectivity index (χ0) is 19.9. The number of hydrogen-bond donors (Lipinski definition) is 2. The highest BCUT2D eigenvalue weighted by Gasteiger charge is 2.25. The van der Waals surface area contributed by atoms with Gasteiger partial charge in [0.15, 0.2) is 7.98 Å². The molecule has 2 amide bonds. The third-order valence-electron chi connectivity index (χ3n) is 4.97. The predicted octanol–water partition coefficient (Wildman–Crippen LogP) is 1.42. The highest BCUT2D eigenvalue weighted by atomic mass is 16.5. The zero-order valence-electron chi connectivity index (χ0n) is 16.1. The number of carbonyl (C=O) groups is 2.